The monoisotopic (exact) mass is 371 g/mol. The van der Waals surface area contributed by atoms with Crippen LogP contribution in [-0.4, -0.2) is 9.85 Å². The van der Waals surface area contributed by atoms with Gasteiger partial charge in [-0.25, -0.2) is 0 Å². The van der Waals surface area contributed by atoms with Gasteiger partial charge in [-0.05, 0) is 29.5 Å². The lowest BCUT2D eigenvalue weighted by Crippen LogP contribution is -2.29. The van der Waals surface area contributed by atoms with E-state index in [1.54, 1.807) is 12.1 Å². The van der Waals surface area contributed by atoms with Gasteiger partial charge in [0, 0.05) is 29.1 Å². The largest absolute Gasteiger partial charge is 0.372 e. The van der Waals surface area contributed by atoms with Crippen LogP contribution in [0.1, 0.15) is 29.5 Å². The van der Waals surface area contributed by atoms with Gasteiger partial charge < -0.3 is 5.32 Å². The van der Waals surface area contributed by atoms with Crippen molar-refractivity contribution in [3.63, 3.8) is 0 Å². The van der Waals surface area contributed by atoms with E-state index < -0.39 is 9.85 Å². The van der Waals surface area contributed by atoms with Crippen LogP contribution in [0.3, 0.4) is 0 Å². The molecule has 1 N–H and O–H groups in total. The first-order valence-electron chi connectivity index (χ1n) is 8.11. The third-order valence-electron chi connectivity index (χ3n) is 5.05. The third kappa shape index (κ3) is 2.61. The summed E-state index contributed by atoms with van der Waals surface area (Å²) in [4.78, 5) is 21.7. The van der Waals surface area contributed by atoms with E-state index in [-0.39, 0.29) is 29.3 Å². The van der Waals surface area contributed by atoms with Crippen LogP contribution in [0.5, 0.6) is 0 Å². The lowest BCUT2D eigenvalue weighted by atomic mass is 9.76. The summed E-state index contributed by atoms with van der Waals surface area (Å²) in [5.74, 6) is 0.0930. The number of nitro groups is 2. The number of rotatable bonds is 3. The average molecular weight is 372 g/mol. The molecule has 0 aromatic heterocycles. The molecule has 0 bridgehead atoms. The molecule has 1 aliphatic heterocycles. The first kappa shape index (κ1) is 16.5. The van der Waals surface area contributed by atoms with Crippen molar-refractivity contribution in [3.05, 3.63) is 84.9 Å². The molecule has 1 aliphatic carbocycles. The minimum Gasteiger partial charge on any atom is -0.372 e. The molecule has 2 aromatic rings. The van der Waals surface area contributed by atoms with Crippen molar-refractivity contribution in [2.75, 3.05) is 5.32 Å². The van der Waals surface area contributed by atoms with Crippen molar-refractivity contribution in [1.82, 2.24) is 0 Å². The molecule has 2 unspecified atom stereocenters. The Labute approximate surface area is 153 Å². The molecule has 132 valence electrons. The van der Waals surface area contributed by atoms with Crippen molar-refractivity contribution in [3.8, 4) is 0 Å². The zero-order valence-corrected chi connectivity index (χ0v) is 14.2. The highest BCUT2D eigenvalue weighted by Crippen LogP contribution is 2.53. The zero-order chi connectivity index (χ0) is 18.4. The lowest BCUT2D eigenvalue weighted by molar-refractivity contribution is -0.384. The van der Waals surface area contributed by atoms with Crippen LogP contribution in [-0.2, 0) is 0 Å². The fourth-order valence-corrected chi connectivity index (χ4v) is 4.17. The van der Waals surface area contributed by atoms with E-state index in [4.69, 9.17) is 11.6 Å². The normalized spacial score (nSPS) is 23.0. The predicted octanol–water partition coefficient (Wildman–Crippen LogP) is 4.98. The maximum atomic E-state index is 11.5. The average Bonchev–Trinajstić information content (AvgIpc) is 3.10. The van der Waals surface area contributed by atoms with Crippen molar-refractivity contribution in [2.45, 2.75) is 18.4 Å². The van der Waals surface area contributed by atoms with E-state index in [0.717, 1.165) is 17.5 Å². The van der Waals surface area contributed by atoms with Gasteiger partial charge in [0.2, 0.25) is 0 Å². The molecule has 0 amide bonds. The second-order valence-electron chi connectivity index (χ2n) is 6.47. The fraction of sp³-hybridized carbons (Fsp3) is 0.222. The maximum Gasteiger partial charge on any atom is 0.294 e. The van der Waals surface area contributed by atoms with Crippen LogP contribution >= 0.6 is 11.6 Å². The second-order valence-corrected chi connectivity index (χ2v) is 6.91. The second kappa shape index (κ2) is 6.10. The zero-order valence-electron chi connectivity index (χ0n) is 13.5. The quantitative estimate of drug-likeness (QED) is 0.466. The molecule has 0 spiro atoms. The number of fused-ring (bicyclic) bond motifs is 3. The van der Waals surface area contributed by atoms with E-state index in [9.17, 15) is 20.2 Å². The molecule has 8 heteroatoms. The number of non-ortho nitro benzene ring substituents is 1. The number of halogens is 1. The number of anilines is 1. The summed E-state index contributed by atoms with van der Waals surface area (Å²) in [6.07, 6.45) is 4.86. The Balaban J connectivity index is 1.85. The van der Waals surface area contributed by atoms with Gasteiger partial charge in [0.15, 0.2) is 0 Å². The summed E-state index contributed by atoms with van der Waals surface area (Å²) in [6, 6.07) is 9.24. The van der Waals surface area contributed by atoms with Gasteiger partial charge >= 0.3 is 0 Å². The summed E-state index contributed by atoms with van der Waals surface area (Å²) in [5.41, 5.74) is 1.89. The lowest BCUT2D eigenvalue weighted by Gasteiger charge is -2.37. The van der Waals surface area contributed by atoms with Crippen LogP contribution in [0.25, 0.3) is 0 Å². The summed E-state index contributed by atoms with van der Waals surface area (Å²) in [6.45, 7) is 0. The van der Waals surface area contributed by atoms with E-state index in [2.05, 4.69) is 5.32 Å². The molecule has 1 heterocycles. The topological polar surface area (TPSA) is 98.3 Å². The van der Waals surface area contributed by atoms with Crippen molar-refractivity contribution in [2.24, 2.45) is 5.92 Å². The first-order chi connectivity index (χ1) is 12.5. The molecule has 4 rings (SSSR count). The standard InChI is InChI=1S/C18H14ClN3O4/c19-11-8-15-13-5-2-6-14(13)17(20-18(15)16(9-11)22(25)26)10-3-1-4-12(7-10)21(23)24/h1-5,7-9,13-14,17,20H,6H2/t13?,14?,17-/m1/s1. The van der Waals surface area contributed by atoms with Crippen molar-refractivity contribution >= 4 is 28.7 Å². The van der Waals surface area contributed by atoms with Gasteiger partial charge in [-0.3, -0.25) is 20.2 Å². The van der Waals surface area contributed by atoms with Crippen LogP contribution in [0, 0.1) is 26.1 Å². The summed E-state index contributed by atoms with van der Waals surface area (Å²) >= 11 is 6.09. The molecule has 2 aliphatic rings. The van der Waals surface area contributed by atoms with Crippen molar-refractivity contribution < 1.29 is 9.85 Å². The highest BCUT2D eigenvalue weighted by atomic mass is 35.5. The van der Waals surface area contributed by atoms with E-state index in [0.29, 0.717) is 10.7 Å². The smallest absolute Gasteiger partial charge is 0.294 e. The van der Waals surface area contributed by atoms with Gasteiger partial charge in [0.25, 0.3) is 11.4 Å². The Hall–Kier alpha value is -2.93. The number of nitro benzene ring substituents is 2. The van der Waals surface area contributed by atoms with Crippen LogP contribution < -0.4 is 5.32 Å². The highest BCUT2D eigenvalue weighted by Gasteiger charge is 2.41. The molecule has 7 nitrogen and oxygen atoms in total. The molecular weight excluding hydrogens is 358 g/mol. The number of hydrogen-bond acceptors (Lipinski definition) is 5. The molecular formula is C18H14ClN3O4. The van der Waals surface area contributed by atoms with Gasteiger partial charge in [-0.15, -0.1) is 0 Å². The van der Waals surface area contributed by atoms with E-state index in [1.165, 1.54) is 18.2 Å². The number of benzene rings is 2. The summed E-state index contributed by atoms with van der Waals surface area (Å²) in [7, 11) is 0. The number of nitrogens with one attached hydrogen (secondary N) is 1. The Bertz CT molecular complexity index is 959. The molecule has 3 atom stereocenters. The third-order valence-corrected chi connectivity index (χ3v) is 5.27. The first-order valence-corrected chi connectivity index (χ1v) is 8.49. The molecule has 0 radical (unpaired) electrons. The minimum atomic E-state index is -0.457. The molecule has 0 saturated carbocycles. The van der Waals surface area contributed by atoms with Crippen molar-refractivity contribution in [1.29, 1.82) is 0 Å². The Morgan fingerprint density at radius 2 is 1.92 bits per heavy atom. The SMILES string of the molecule is O=[N+]([O-])c1cccc([C@H]2Nc3c(cc(Cl)cc3[N+](=O)[O-])C3C=CCC32)c1. The van der Waals surface area contributed by atoms with Gasteiger partial charge in [0.05, 0.1) is 15.9 Å². The van der Waals surface area contributed by atoms with Gasteiger partial charge in [0.1, 0.15) is 5.69 Å². The van der Waals surface area contributed by atoms with Crippen LogP contribution in [0.15, 0.2) is 48.6 Å². The number of hydrogen-bond donors (Lipinski definition) is 1. The van der Waals surface area contributed by atoms with Gasteiger partial charge in [-0.1, -0.05) is 35.9 Å². The molecule has 2 aromatic carbocycles. The maximum absolute atomic E-state index is 11.5. The Morgan fingerprint density at radius 3 is 2.65 bits per heavy atom. The van der Waals surface area contributed by atoms with Crippen LogP contribution in [0.4, 0.5) is 17.1 Å². The highest BCUT2D eigenvalue weighted by molar-refractivity contribution is 6.31. The fourth-order valence-electron chi connectivity index (χ4n) is 3.95. The van der Waals surface area contributed by atoms with Gasteiger partial charge in [-0.2, -0.15) is 0 Å². The Kier molecular flexibility index (Phi) is 3.88. The minimum absolute atomic E-state index is 0.00297. The summed E-state index contributed by atoms with van der Waals surface area (Å²) < 4.78 is 0. The Morgan fingerprint density at radius 1 is 1.12 bits per heavy atom. The molecule has 26 heavy (non-hydrogen) atoms. The molecule has 0 saturated heterocycles. The number of nitrogens with zero attached hydrogens (tertiary/aromatic N) is 2. The van der Waals surface area contributed by atoms with E-state index in [1.807, 2.05) is 18.2 Å². The molecule has 0 fully saturated rings. The summed E-state index contributed by atoms with van der Waals surface area (Å²) in [5, 5.41) is 26.2. The predicted molar refractivity (Wildman–Crippen MR) is 97.6 cm³/mol. The van der Waals surface area contributed by atoms with E-state index >= 15 is 0 Å². The van der Waals surface area contributed by atoms with Crippen LogP contribution in [0.2, 0.25) is 5.02 Å². The number of allylic oxidation sites excluding steroid dienone is 2.